The quantitative estimate of drug-likeness (QED) is 0.560. The van der Waals surface area contributed by atoms with Crippen LogP contribution in [0.15, 0.2) is 24.3 Å². The summed E-state index contributed by atoms with van der Waals surface area (Å²) in [6.07, 6.45) is -0.102. The predicted octanol–water partition coefficient (Wildman–Crippen LogP) is 0.965. The van der Waals surface area contributed by atoms with Gasteiger partial charge in [0.1, 0.15) is 18.2 Å². The lowest BCUT2D eigenvalue weighted by atomic mass is 9.70. The first-order valence-electron chi connectivity index (χ1n) is 10.5. The maximum atomic E-state index is 13.5. The highest BCUT2D eigenvalue weighted by atomic mass is 16.6. The van der Waals surface area contributed by atoms with Crippen molar-refractivity contribution in [1.82, 2.24) is 4.90 Å². The van der Waals surface area contributed by atoms with Gasteiger partial charge in [0.2, 0.25) is 0 Å². The van der Waals surface area contributed by atoms with E-state index >= 15 is 0 Å². The van der Waals surface area contributed by atoms with Crippen LogP contribution >= 0.6 is 0 Å². The van der Waals surface area contributed by atoms with E-state index < -0.39 is 47.5 Å². The number of nitrogens with one attached hydrogen (secondary N) is 1. The Morgan fingerprint density at radius 2 is 2.00 bits per heavy atom. The second-order valence-corrected chi connectivity index (χ2v) is 8.58. The molecule has 164 valence electrons. The topological polar surface area (TPSA) is 111 Å². The fourth-order valence-electron chi connectivity index (χ4n) is 6.12. The Kier molecular flexibility index (Phi) is 4.55. The van der Waals surface area contributed by atoms with Crippen LogP contribution in [0.25, 0.3) is 0 Å². The lowest BCUT2D eigenvalue weighted by molar-refractivity contribution is -0.201. The van der Waals surface area contributed by atoms with Crippen molar-refractivity contribution in [2.75, 3.05) is 18.5 Å². The summed E-state index contributed by atoms with van der Waals surface area (Å²) >= 11 is 0. The molecular weight excluding hydrogens is 404 g/mol. The molecule has 0 saturated carbocycles. The highest BCUT2D eigenvalue weighted by Gasteiger charge is 2.73. The van der Waals surface area contributed by atoms with Crippen molar-refractivity contribution in [1.29, 1.82) is 0 Å². The summed E-state index contributed by atoms with van der Waals surface area (Å²) < 4.78 is 16.4. The number of amides is 1. The smallest absolute Gasteiger partial charge is 0.312 e. The molecule has 6 atom stereocenters. The Hall–Kier alpha value is -2.94. The van der Waals surface area contributed by atoms with Crippen molar-refractivity contribution in [2.45, 2.75) is 50.5 Å². The molecule has 9 heteroatoms. The summed E-state index contributed by atoms with van der Waals surface area (Å²) in [7, 11) is 0. The van der Waals surface area contributed by atoms with Gasteiger partial charge in [-0.1, -0.05) is 18.2 Å². The first-order valence-corrected chi connectivity index (χ1v) is 10.5. The van der Waals surface area contributed by atoms with E-state index in [1.54, 1.807) is 0 Å². The summed E-state index contributed by atoms with van der Waals surface area (Å²) in [6.45, 7) is 3.00. The van der Waals surface area contributed by atoms with Crippen molar-refractivity contribution in [3.8, 4) is 0 Å². The lowest BCUT2D eigenvalue weighted by Gasteiger charge is -2.42. The molecule has 3 fully saturated rings. The van der Waals surface area contributed by atoms with Crippen molar-refractivity contribution < 1.29 is 33.4 Å². The normalized spacial score (nSPS) is 35.7. The second kappa shape index (κ2) is 7.05. The number of carbonyl (C=O) groups is 4. The largest absolute Gasteiger partial charge is 0.462 e. The number of ether oxygens (including phenoxy) is 3. The van der Waals surface area contributed by atoms with Crippen LogP contribution < -0.4 is 5.32 Å². The highest BCUT2D eigenvalue weighted by molar-refractivity contribution is 6.09. The molecule has 1 aromatic carbocycles. The number of esters is 3. The monoisotopic (exact) mass is 428 g/mol. The third-order valence-electron chi connectivity index (χ3n) is 6.98. The highest BCUT2D eigenvalue weighted by Crippen LogP contribution is 2.60. The number of anilines is 1. The SMILES string of the molecule is CC(=O)OC[C@H]1OC(=O)[C@H]2[C@@H]([C@H]1OC(C)=O)[C@@H]1CCCN1[C@@]21C(=O)Nc2ccccc21. The number of cyclic esters (lactones) is 1. The number of rotatable bonds is 3. The average molecular weight is 428 g/mol. The van der Waals surface area contributed by atoms with E-state index in [1.807, 2.05) is 24.3 Å². The molecule has 0 bridgehead atoms. The fourth-order valence-corrected chi connectivity index (χ4v) is 6.12. The molecule has 4 aliphatic heterocycles. The predicted molar refractivity (Wildman–Crippen MR) is 106 cm³/mol. The molecule has 31 heavy (non-hydrogen) atoms. The van der Waals surface area contributed by atoms with Crippen LogP contribution in [0.1, 0.15) is 32.3 Å². The summed E-state index contributed by atoms with van der Waals surface area (Å²) in [5, 5.41) is 2.94. The lowest BCUT2D eigenvalue weighted by Crippen LogP contribution is -2.58. The molecule has 0 aromatic heterocycles. The van der Waals surface area contributed by atoms with E-state index in [0.717, 1.165) is 18.4 Å². The fraction of sp³-hybridized carbons (Fsp3) is 0.545. The molecule has 9 nitrogen and oxygen atoms in total. The Morgan fingerprint density at radius 1 is 1.23 bits per heavy atom. The van der Waals surface area contributed by atoms with Crippen molar-refractivity contribution in [2.24, 2.45) is 11.8 Å². The van der Waals surface area contributed by atoms with E-state index in [0.29, 0.717) is 12.2 Å². The Morgan fingerprint density at radius 3 is 2.74 bits per heavy atom. The van der Waals surface area contributed by atoms with Gasteiger partial charge >= 0.3 is 17.9 Å². The van der Waals surface area contributed by atoms with Gasteiger partial charge in [0.05, 0.1) is 5.92 Å². The summed E-state index contributed by atoms with van der Waals surface area (Å²) in [5.74, 6) is -3.12. The van der Waals surface area contributed by atoms with Crippen LogP contribution in [0, 0.1) is 11.8 Å². The van der Waals surface area contributed by atoms with E-state index in [-0.39, 0.29) is 18.6 Å². The number of hydrogen-bond donors (Lipinski definition) is 1. The van der Waals surface area contributed by atoms with Gasteiger partial charge in [-0.15, -0.1) is 0 Å². The summed E-state index contributed by atoms with van der Waals surface area (Å²) in [6, 6.07) is 7.23. The Bertz CT molecular complexity index is 978. The van der Waals surface area contributed by atoms with Crippen LogP contribution in [0.2, 0.25) is 0 Å². The molecule has 0 unspecified atom stereocenters. The summed E-state index contributed by atoms with van der Waals surface area (Å²) in [4.78, 5) is 52.3. The minimum atomic E-state index is -1.20. The molecular formula is C22H24N2O7. The number of nitrogens with zero attached hydrogens (tertiary/aromatic N) is 1. The zero-order valence-corrected chi connectivity index (χ0v) is 17.3. The van der Waals surface area contributed by atoms with Crippen LogP contribution in [-0.2, 0) is 38.9 Å². The van der Waals surface area contributed by atoms with Crippen molar-refractivity contribution in [3.63, 3.8) is 0 Å². The molecule has 0 radical (unpaired) electrons. The van der Waals surface area contributed by atoms with E-state index in [2.05, 4.69) is 10.2 Å². The van der Waals surface area contributed by atoms with E-state index in [4.69, 9.17) is 14.2 Å². The minimum absolute atomic E-state index is 0.140. The van der Waals surface area contributed by atoms with Crippen LogP contribution in [0.4, 0.5) is 5.69 Å². The number of hydrogen-bond acceptors (Lipinski definition) is 8. The molecule has 1 spiro atoms. The number of carbonyl (C=O) groups excluding carboxylic acids is 4. The van der Waals surface area contributed by atoms with Gasteiger partial charge in [-0.25, -0.2) is 0 Å². The summed E-state index contributed by atoms with van der Waals surface area (Å²) in [5.41, 5.74) is 0.221. The number of fused-ring (bicyclic) bond motifs is 7. The number of para-hydroxylation sites is 1. The van der Waals surface area contributed by atoms with Gasteiger partial charge in [0.15, 0.2) is 6.10 Å². The van der Waals surface area contributed by atoms with Crippen LogP contribution in [0.3, 0.4) is 0 Å². The van der Waals surface area contributed by atoms with Gasteiger partial charge in [0, 0.05) is 37.1 Å². The average Bonchev–Trinajstić information content (AvgIpc) is 3.36. The van der Waals surface area contributed by atoms with E-state index in [1.165, 1.54) is 13.8 Å². The van der Waals surface area contributed by atoms with Gasteiger partial charge in [-0.3, -0.25) is 24.1 Å². The zero-order valence-electron chi connectivity index (χ0n) is 17.3. The van der Waals surface area contributed by atoms with Gasteiger partial charge in [0.25, 0.3) is 5.91 Å². The molecule has 1 amide bonds. The van der Waals surface area contributed by atoms with E-state index in [9.17, 15) is 19.2 Å². The molecule has 4 heterocycles. The third kappa shape index (κ3) is 2.72. The van der Waals surface area contributed by atoms with Crippen LogP contribution in [-0.4, -0.2) is 60.1 Å². The molecule has 4 aliphatic rings. The van der Waals surface area contributed by atoms with Crippen LogP contribution in [0.5, 0.6) is 0 Å². The Labute approximate surface area is 179 Å². The Balaban J connectivity index is 1.63. The van der Waals surface area contributed by atoms with Crippen molar-refractivity contribution >= 4 is 29.5 Å². The molecule has 1 N–H and O–H groups in total. The molecule has 0 aliphatic carbocycles. The molecule has 3 saturated heterocycles. The standard InChI is InChI=1S/C22H24N2O7/c1-11(25)29-10-16-19(30-12(2)26)17-15-8-5-9-24(15)22(18(17)20(27)31-16)13-6-3-4-7-14(13)23-21(22)28/h3-4,6-7,15-19H,5,8-10H2,1-2H3,(H,23,28)/t15-,16+,17-,18+,19-,22+/m0/s1. The van der Waals surface area contributed by atoms with Gasteiger partial charge in [-0.05, 0) is 25.5 Å². The minimum Gasteiger partial charge on any atom is -0.462 e. The van der Waals surface area contributed by atoms with Gasteiger partial charge in [-0.2, -0.15) is 0 Å². The maximum absolute atomic E-state index is 13.5. The first kappa shape index (κ1) is 20.0. The molecule has 1 aromatic rings. The first-order chi connectivity index (χ1) is 14.9. The third-order valence-corrected chi connectivity index (χ3v) is 6.98. The maximum Gasteiger partial charge on any atom is 0.312 e. The molecule has 5 rings (SSSR count). The zero-order chi connectivity index (χ0) is 21.9. The number of benzene rings is 1. The second-order valence-electron chi connectivity index (χ2n) is 8.58. The van der Waals surface area contributed by atoms with Gasteiger partial charge < -0.3 is 19.5 Å². The van der Waals surface area contributed by atoms with Crippen molar-refractivity contribution in [3.05, 3.63) is 29.8 Å².